The van der Waals surface area contributed by atoms with Crippen LogP contribution < -0.4 is 10.6 Å². The monoisotopic (exact) mass is 216 g/mol. The summed E-state index contributed by atoms with van der Waals surface area (Å²) in [5.41, 5.74) is 0. The van der Waals surface area contributed by atoms with E-state index in [0.29, 0.717) is 13.2 Å². The van der Waals surface area contributed by atoms with Gasteiger partial charge in [-0.25, -0.2) is 0 Å². The first-order chi connectivity index (χ1) is 6.79. The smallest absolute Gasteiger partial charge is 0.180 e. The largest absolute Gasteiger partial charge is 0.368 e. The van der Waals surface area contributed by atoms with E-state index < -0.39 is 0 Å². The van der Waals surface area contributed by atoms with Gasteiger partial charge in [0.1, 0.15) is 6.10 Å². The second kappa shape index (κ2) is 4.61. The van der Waals surface area contributed by atoms with Crippen molar-refractivity contribution < 1.29 is 9.53 Å². The molecule has 4 nitrogen and oxygen atoms in total. The Morgan fingerprint density at radius 1 is 1.43 bits per heavy atom. The molecule has 14 heavy (non-hydrogen) atoms. The second-order valence-corrected chi connectivity index (χ2v) is 4.42. The van der Waals surface area contributed by atoms with Crippen LogP contribution in [0, 0.1) is 0 Å². The van der Waals surface area contributed by atoms with Crippen LogP contribution in [0.3, 0.4) is 0 Å². The van der Waals surface area contributed by atoms with E-state index in [2.05, 4.69) is 23.3 Å². The molecule has 2 aliphatic rings. The Labute approximate surface area is 89.2 Å². The molecule has 3 unspecified atom stereocenters. The van der Waals surface area contributed by atoms with E-state index >= 15 is 0 Å². The van der Waals surface area contributed by atoms with Gasteiger partial charge in [-0.3, -0.25) is 4.79 Å². The molecule has 5 heteroatoms. The lowest BCUT2D eigenvalue weighted by atomic mass is 10.0. The van der Waals surface area contributed by atoms with Crippen LogP contribution in [0.5, 0.6) is 0 Å². The summed E-state index contributed by atoms with van der Waals surface area (Å²) in [7, 11) is 0. The van der Waals surface area contributed by atoms with Gasteiger partial charge in [0.2, 0.25) is 0 Å². The van der Waals surface area contributed by atoms with E-state index in [-0.39, 0.29) is 23.2 Å². The summed E-state index contributed by atoms with van der Waals surface area (Å²) in [5, 5.41) is 6.47. The third kappa shape index (κ3) is 2.11. The van der Waals surface area contributed by atoms with Gasteiger partial charge >= 0.3 is 0 Å². The zero-order valence-corrected chi connectivity index (χ0v) is 8.93. The first kappa shape index (κ1) is 10.4. The van der Waals surface area contributed by atoms with Crippen molar-refractivity contribution in [3.8, 4) is 0 Å². The fraction of sp³-hybridized carbons (Fsp3) is 0.889. The van der Waals surface area contributed by atoms with Crippen LogP contribution in [-0.4, -0.2) is 49.4 Å². The number of ketones is 1. The summed E-state index contributed by atoms with van der Waals surface area (Å²) in [4.78, 5) is 11.9. The quantitative estimate of drug-likeness (QED) is 0.529. The van der Waals surface area contributed by atoms with E-state index in [1.54, 1.807) is 0 Å². The molecule has 0 aromatic heterocycles. The first-order valence-electron chi connectivity index (χ1n) is 5.06. The summed E-state index contributed by atoms with van der Waals surface area (Å²) < 4.78 is 5.41. The molecule has 0 aromatic rings. The normalized spacial score (nSPS) is 38.5. The molecule has 0 spiro atoms. The Balaban J connectivity index is 1.92. The predicted molar refractivity (Wildman–Crippen MR) is 56.8 cm³/mol. The van der Waals surface area contributed by atoms with Crippen LogP contribution in [0.15, 0.2) is 0 Å². The number of carbonyl (C=O) groups is 1. The van der Waals surface area contributed by atoms with Crippen LogP contribution >= 0.6 is 12.6 Å². The third-order valence-electron chi connectivity index (χ3n) is 2.74. The average Bonchev–Trinajstić information content (AvgIpc) is 2.65. The molecule has 2 rings (SSSR count). The van der Waals surface area contributed by atoms with Crippen LogP contribution in [-0.2, 0) is 9.53 Å². The lowest BCUT2D eigenvalue weighted by molar-refractivity contribution is -0.133. The lowest BCUT2D eigenvalue weighted by Crippen LogP contribution is -2.50. The Bertz CT molecular complexity index is 219. The number of hydrogen-bond acceptors (Lipinski definition) is 5. The minimum absolute atomic E-state index is 0.122. The number of Topliss-reactive ketones (excluding diaryl/α,β-unsaturated/α-hetero) is 1. The molecule has 3 atom stereocenters. The molecule has 0 bridgehead atoms. The molecule has 80 valence electrons. The topological polar surface area (TPSA) is 50.4 Å². The summed E-state index contributed by atoms with van der Waals surface area (Å²) in [6.45, 7) is 2.98. The molecule has 0 aromatic carbocycles. The number of ether oxygens (including phenoxy) is 1. The van der Waals surface area contributed by atoms with Gasteiger partial charge in [-0.05, 0) is 13.0 Å². The number of nitrogens with one attached hydrogen (secondary N) is 2. The standard InChI is InChI=1S/C9H16N2O2S/c12-9(6-5-10-3-4-13-6)8-7(14)1-2-11-8/h6-8,10-11,14H,1-5H2. The maximum absolute atomic E-state index is 11.9. The SMILES string of the molecule is O=C(C1CNCCO1)C1NCCC1S. The number of rotatable bonds is 2. The minimum atomic E-state index is -0.283. The van der Waals surface area contributed by atoms with Gasteiger partial charge in [0.15, 0.2) is 5.78 Å². The summed E-state index contributed by atoms with van der Waals surface area (Å²) >= 11 is 4.39. The highest BCUT2D eigenvalue weighted by atomic mass is 32.1. The Morgan fingerprint density at radius 3 is 2.86 bits per heavy atom. The molecule has 0 amide bonds. The van der Waals surface area contributed by atoms with Crippen molar-refractivity contribution in [3.05, 3.63) is 0 Å². The molecule has 0 aliphatic carbocycles. The van der Waals surface area contributed by atoms with Gasteiger partial charge in [0.05, 0.1) is 12.6 Å². The van der Waals surface area contributed by atoms with Crippen molar-refractivity contribution in [1.82, 2.24) is 10.6 Å². The van der Waals surface area contributed by atoms with Gasteiger partial charge in [-0.2, -0.15) is 12.6 Å². The zero-order valence-electron chi connectivity index (χ0n) is 8.03. The molecule has 0 radical (unpaired) electrons. The molecule has 2 heterocycles. The van der Waals surface area contributed by atoms with Crippen LogP contribution in [0.4, 0.5) is 0 Å². The van der Waals surface area contributed by atoms with E-state index in [1.807, 2.05) is 0 Å². The number of hydrogen-bond donors (Lipinski definition) is 3. The molecule has 0 saturated carbocycles. The van der Waals surface area contributed by atoms with Gasteiger partial charge in [-0.1, -0.05) is 0 Å². The van der Waals surface area contributed by atoms with E-state index in [1.165, 1.54) is 0 Å². The van der Waals surface area contributed by atoms with Crippen molar-refractivity contribution in [3.63, 3.8) is 0 Å². The van der Waals surface area contributed by atoms with Crippen LogP contribution in [0.1, 0.15) is 6.42 Å². The van der Waals surface area contributed by atoms with Gasteiger partial charge in [-0.15, -0.1) is 0 Å². The summed E-state index contributed by atoms with van der Waals surface area (Å²) in [5.74, 6) is 0.148. The molecule has 2 aliphatic heterocycles. The van der Waals surface area contributed by atoms with Crippen molar-refractivity contribution in [2.75, 3.05) is 26.2 Å². The summed E-state index contributed by atoms with van der Waals surface area (Å²) in [6.07, 6.45) is 0.675. The van der Waals surface area contributed by atoms with Gasteiger partial charge < -0.3 is 15.4 Å². The predicted octanol–water partition coefficient (Wildman–Crippen LogP) is -0.796. The second-order valence-electron chi connectivity index (χ2n) is 3.75. The molecule has 2 N–H and O–H groups in total. The van der Waals surface area contributed by atoms with Crippen LogP contribution in [0.25, 0.3) is 0 Å². The first-order valence-corrected chi connectivity index (χ1v) is 5.58. The maximum Gasteiger partial charge on any atom is 0.180 e. The third-order valence-corrected chi connectivity index (χ3v) is 3.30. The summed E-state index contributed by atoms with van der Waals surface area (Å²) in [6, 6.07) is -0.122. The maximum atomic E-state index is 11.9. The fourth-order valence-electron chi connectivity index (χ4n) is 1.93. The Kier molecular flexibility index (Phi) is 3.43. The van der Waals surface area contributed by atoms with Gasteiger partial charge in [0, 0.05) is 18.3 Å². The minimum Gasteiger partial charge on any atom is -0.368 e. The number of morpholine rings is 1. The zero-order chi connectivity index (χ0) is 9.97. The van der Waals surface area contributed by atoms with Crippen molar-refractivity contribution in [2.24, 2.45) is 0 Å². The number of carbonyl (C=O) groups excluding carboxylic acids is 1. The molecular formula is C9H16N2O2S. The Morgan fingerprint density at radius 2 is 2.29 bits per heavy atom. The number of thiol groups is 1. The molecular weight excluding hydrogens is 200 g/mol. The molecule has 2 fully saturated rings. The van der Waals surface area contributed by atoms with Crippen molar-refractivity contribution in [1.29, 1.82) is 0 Å². The average molecular weight is 216 g/mol. The Hall–Kier alpha value is -0.100. The fourth-order valence-corrected chi connectivity index (χ4v) is 2.31. The highest BCUT2D eigenvalue weighted by Gasteiger charge is 2.35. The lowest BCUT2D eigenvalue weighted by Gasteiger charge is -2.26. The van der Waals surface area contributed by atoms with E-state index in [0.717, 1.165) is 19.5 Å². The molecule has 2 saturated heterocycles. The van der Waals surface area contributed by atoms with E-state index in [4.69, 9.17) is 4.74 Å². The van der Waals surface area contributed by atoms with E-state index in [9.17, 15) is 4.79 Å². The highest BCUT2D eigenvalue weighted by molar-refractivity contribution is 7.81. The highest BCUT2D eigenvalue weighted by Crippen LogP contribution is 2.16. The van der Waals surface area contributed by atoms with Crippen LogP contribution in [0.2, 0.25) is 0 Å². The van der Waals surface area contributed by atoms with Crippen molar-refractivity contribution >= 4 is 18.4 Å². The van der Waals surface area contributed by atoms with Crippen molar-refractivity contribution in [2.45, 2.75) is 23.8 Å². The van der Waals surface area contributed by atoms with Gasteiger partial charge in [0.25, 0.3) is 0 Å².